The number of hydrogen-bond donors (Lipinski definition) is 2. The summed E-state index contributed by atoms with van der Waals surface area (Å²) >= 11 is 0. The number of anilines is 1. The van der Waals surface area contributed by atoms with Crippen LogP contribution >= 0.6 is 0 Å². The van der Waals surface area contributed by atoms with Crippen molar-refractivity contribution in [1.82, 2.24) is 0 Å². The molecule has 0 bridgehead atoms. The van der Waals surface area contributed by atoms with Crippen LogP contribution in [0.2, 0.25) is 0 Å². The Morgan fingerprint density at radius 2 is 2.05 bits per heavy atom. The number of carbonyl (C=O) groups is 1. The number of amides is 1. The van der Waals surface area contributed by atoms with Gasteiger partial charge >= 0.3 is 0 Å². The Morgan fingerprint density at radius 3 is 2.68 bits per heavy atom. The molecule has 0 unspecified atom stereocenters. The molecule has 0 aliphatic rings. The predicted molar refractivity (Wildman–Crippen MR) is 72.0 cm³/mol. The summed E-state index contributed by atoms with van der Waals surface area (Å²) in [5.41, 5.74) is 0.423. The molecule has 0 aliphatic heterocycles. The number of benzene rings is 1. The summed E-state index contributed by atoms with van der Waals surface area (Å²) in [6.07, 6.45) is 0.129. The summed E-state index contributed by atoms with van der Waals surface area (Å²) in [7, 11) is -2.03. The lowest BCUT2D eigenvalue weighted by molar-refractivity contribution is -0.113. The second-order valence-corrected chi connectivity index (χ2v) is 6.10. The Hall–Kier alpha value is -1.60. The van der Waals surface area contributed by atoms with E-state index in [9.17, 15) is 13.2 Å². The molecule has 0 heterocycles. The van der Waals surface area contributed by atoms with E-state index in [1.165, 1.54) is 7.11 Å². The fourth-order valence-electron chi connectivity index (χ4n) is 1.49. The lowest BCUT2D eigenvalue weighted by Gasteiger charge is -2.09. The maximum Gasteiger partial charge on any atom is 0.239 e. The highest BCUT2D eigenvalue weighted by molar-refractivity contribution is 7.92. The van der Waals surface area contributed by atoms with Crippen molar-refractivity contribution in [3.63, 3.8) is 0 Å². The van der Waals surface area contributed by atoms with Crippen molar-refractivity contribution in [2.75, 3.05) is 30.5 Å². The summed E-state index contributed by atoms with van der Waals surface area (Å²) in [5.74, 6) is -0.973. The Morgan fingerprint density at radius 1 is 1.37 bits per heavy atom. The quantitative estimate of drug-likeness (QED) is 0.758. The van der Waals surface area contributed by atoms with E-state index in [1.54, 1.807) is 24.3 Å². The van der Waals surface area contributed by atoms with Crippen LogP contribution in [0.15, 0.2) is 24.3 Å². The average Bonchev–Trinajstić information content (AvgIpc) is 2.36. The van der Waals surface area contributed by atoms with Crippen molar-refractivity contribution in [3.8, 4) is 5.75 Å². The van der Waals surface area contributed by atoms with E-state index in [-0.39, 0.29) is 18.8 Å². The molecule has 6 nitrogen and oxygen atoms in total. The van der Waals surface area contributed by atoms with E-state index < -0.39 is 21.5 Å². The largest absolute Gasteiger partial charge is 0.495 e. The van der Waals surface area contributed by atoms with Gasteiger partial charge in [0.05, 0.1) is 18.6 Å². The maximum atomic E-state index is 11.7. The number of ether oxygens (including phenoxy) is 1. The first kappa shape index (κ1) is 15.5. The molecule has 0 fully saturated rings. The highest BCUT2D eigenvalue weighted by atomic mass is 32.2. The topological polar surface area (TPSA) is 92.7 Å². The van der Waals surface area contributed by atoms with Gasteiger partial charge in [-0.1, -0.05) is 12.1 Å². The molecule has 1 rings (SSSR count). The van der Waals surface area contributed by atoms with Gasteiger partial charge in [0, 0.05) is 6.61 Å². The molecule has 0 aromatic heterocycles. The predicted octanol–water partition coefficient (Wildman–Crippen LogP) is 0.431. The van der Waals surface area contributed by atoms with E-state index in [1.807, 2.05) is 0 Å². The molecule has 0 saturated heterocycles. The fraction of sp³-hybridized carbons (Fsp3) is 0.417. The van der Waals surface area contributed by atoms with Gasteiger partial charge in [-0.3, -0.25) is 4.79 Å². The number of aliphatic hydroxyl groups is 1. The SMILES string of the molecule is COc1ccccc1NC(=O)CS(=O)(=O)CCCO. The van der Waals surface area contributed by atoms with Gasteiger partial charge < -0.3 is 15.2 Å². The Bertz CT molecular complexity index is 527. The molecule has 0 radical (unpaired) electrons. The molecule has 0 atom stereocenters. The Balaban J connectivity index is 2.65. The van der Waals surface area contributed by atoms with Crippen LogP contribution in [0.5, 0.6) is 5.75 Å². The number of sulfone groups is 1. The Labute approximate surface area is 112 Å². The number of rotatable bonds is 7. The molecule has 1 amide bonds. The molecule has 106 valence electrons. The zero-order valence-electron chi connectivity index (χ0n) is 10.6. The first-order valence-corrected chi connectivity index (χ1v) is 7.55. The van der Waals surface area contributed by atoms with Gasteiger partial charge in [-0.15, -0.1) is 0 Å². The number of aliphatic hydroxyl groups excluding tert-OH is 1. The minimum absolute atomic E-state index is 0.129. The van der Waals surface area contributed by atoms with E-state index in [0.717, 1.165) is 0 Å². The van der Waals surface area contributed by atoms with Crippen molar-refractivity contribution in [1.29, 1.82) is 0 Å². The van der Waals surface area contributed by atoms with Crippen LogP contribution in [0, 0.1) is 0 Å². The third kappa shape index (κ3) is 5.27. The number of nitrogens with one attached hydrogen (secondary N) is 1. The van der Waals surface area contributed by atoms with Crippen LogP contribution in [-0.2, 0) is 14.6 Å². The van der Waals surface area contributed by atoms with Crippen LogP contribution in [0.4, 0.5) is 5.69 Å². The number of para-hydroxylation sites is 2. The van der Waals surface area contributed by atoms with Crippen molar-refractivity contribution in [3.05, 3.63) is 24.3 Å². The second kappa shape index (κ2) is 7.10. The third-order valence-corrected chi connectivity index (χ3v) is 3.96. The molecule has 1 aromatic rings. The molecule has 2 N–H and O–H groups in total. The highest BCUT2D eigenvalue weighted by Crippen LogP contribution is 2.22. The van der Waals surface area contributed by atoms with Crippen molar-refractivity contribution >= 4 is 21.4 Å². The van der Waals surface area contributed by atoms with Gasteiger partial charge in [-0.25, -0.2) is 8.42 Å². The summed E-state index contributed by atoms with van der Waals surface area (Å²) in [6, 6.07) is 6.73. The lowest BCUT2D eigenvalue weighted by Crippen LogP contribution is -2.25. The molecule has 19 heavy (non-hydrogen) atoms. The van der Waals surface area contributed by atoms with Crippen molar-refractivity contribution in [2.45, 2.75) is 6.42 Å². The highest BCUT2D eigenvalue weighted by Gasteiger charge is 2.17. The minimum Gasteiger partial charge on any atom is -0.495 e. The van der Waals surface area contributed by atoms with Gasteiger partial charge in [0.2, 0.25) is 5.91 Å². The van der Waals surface area contributed by atoms with E-state index in [2.05, 4.69) is 5.32 Å². The van der Waals surface area contributed by atoms with Crippen LogP contribution in [0.1, 0.15) is 6.42 Å². The molecule has 0 aliphatic carbocycles. The van der Waals surface area contributed by atoms with Crippen LogP contribution in [-0.4, -0.2) is 44.7 Å². The van der Waals surface area contributed by atoms with Crippen LogP contribution in [0.25, 0.3) is 0 Å². The third-order valence-electron chi connectivity index (χ3n) is 2.35. The van der Waals surface area contributed by atoms with E-state index in [0.29, 0.717) is 11.4 Å². The van der Waals surface area contributed by atoms with Crippen LogP contribution < -0.4 is 10.1 Å². The molecular weight excluding hydrogens is 270 g/mol. The van der Waals surface area contributed by atoms with Crippen molar-refractivity contribution in [2.24, 2.45) is 0 Å². The van der Waals surface area contributed by atoms with Gasteiger partial charge in [0.25, 0.3) is 0 Å². The second-order valence-electron chi connectivity index (χ2n) is 3.92. The van der Waals surface area contributed by atoms with Crippen molar-refractivity contribution < 1.29 is 23.1 Å². The molecule has 0 saturated carbocycles. The number of methoxy groups -OCH3 is 1. The summed E-state index contributed by atoms with van der Waals surface area (Å²) in [4.78, 5) is 11.7. The summed E-state index contributed by atoms with van der Waals surface area (Å²) in [6.45, 7) is -0.215. The molecular formula is C12H17NO5S. The van der Waals surface area contributed by atoms with Gasteiger partial charge in [0.1, 0.15) is 11.5 Å². The lowest BCUT2D eigenvalue weighted by atomic mass is 10.3. The fourth-order valence-corrected chi connectivity index (χ4v) is 2.68. The summed E-state index contributed by atoms with van der Waals surface area (Å²) < 4.78 is 28.1. The first-order valence-electron chi connectivity index (χ1n) is 5.72. The zero-order valence-corrected chi connectivity index (χ0v) is 11.4. The van der Waals surface area contributed by atoms with Crippen LogP contribution in [0.3, 0.4) is 0 Å². The van der Waals surface area contributed by atoms with Gasteiger partial charge in [-0.2, -0.15) is 0 Å². The standard InChI is InChI=1S/C12H17NO5S/c1-18-11-6-3-2-5-10(11)13-12(15)9-19(16,17)8-4-7-14/h2-3,5-6,14H,4,7-9H2,1H3,(H,13,15). The molecule has 1 aromatic carbocycles. The smallest absolute Gasteiger partial charge is 0.239 e. The monoisotopic (exact) mass is 287 g/mol. The maximum absolute atomic E-state index is 11.7. The Kier molecular flexibility index (Phi) is 5.78. The van der Waals surface area contributed by atoms with Gasteiger partial charge in [-0.05, 0) is 18.6 Å². The van der Waals surface area contributed by atoms with E-state index in [4.69, 9.17) is 9.84 Å². The zero-order chi connectivity index (χ0) is 14.3. The summed E-state index contributed by atoms with van der Waals surface area (Å²) in [5, 5.41) is 11.1. The number of hydrogen-bond acceptors (Lipinski definition) is 5. The molecule has 7 heteroatoms. The van der Waals surface area contributed by atoms with Gasteiger partial charge in [0.15, 0.2) is 9.84 Å². The first-order chi connectivity index (χ1) is 8.98. The number of carbonyl (C=O) groups excluding carboxylic acids is 1. The van der Waals surface area contributed by atoms with E-state index >= 15 is 0 Å². The molecule has 0 spiro atoms. The minimum atomic E-state index is -3.50. The normalized spacial score (nSPS) is 11.1. The average molecular weight is 287 g/mol.